The van der Waals surface area contributed by atoms with E-state index in [1.807, 2.05) is 0 Å². The molecule has 0 radical (unpaired) electrons. The van der Waals surface area contributed by atoms with Crippen LogP contribution in [0.15, 0.2) is 18.2 Å². The van der Waals surface area contributed by atoms with Crippen molar-refractivity contribution in [2.24, 2.45) is 5.92 Å². The summed E-state index contributed by atoms with van der Waals surface area (Å²) in [6, 6.07) is 6.92. The summed E-state index contributed by atoms with van der Waals surface area (Å²) in [5.74, 6) is 0.875. The lowest BCUT2D eigenvalue weighted by Gasteiger charge is -2.24. The Hall–Kier alpha value is -1.06. The molecular formula is C18H30N2O. The number of rotatable bonds is 6. The lowest BCUT2D eigenvalue weighted by atomic mass is 10.0. The third-order valence-corrected chi connectivity index (χ3v) is 4.51. The van der Waals surface area contributed by atoms with Gasteiger partial charge >= 0.3 is 0 Å². The van der Waals surface area contributed by atoms with Gasteiger partial charge in [-0.15, -0.1) is 0 Å². The van der Waals surface area contributed by atoms with Gasteiger partial charge in [-0.3, -0.25) is 0 Å². The number of benzene rings is 1. The zero-order valence-electron chi connectivity index (χ0n) is 13.8. The van der Waals surface area contributed by atoms with Crippen LogP contribution in [0, 0.1) is 12.8 Å². The van der Waals surface area contributed by atoms with Gasteiger partial charge in [0.25, 0.3) is 0 Å². The van der Waals surface area contributed by atoms with Crippen LogP contribution >= 0.6 is 0 Å². The third kappa shape index (κ3) is 5.01. The van der Waals surface area contributed by atoms with Crippen molar-refractivity contribution >= 4 is 5.69 Å². The van der Waals surface area contributed by atoms with Crippen LogP contribution in [0.5, 0.6) is 0 Å². The Kier molecular flexibility index (Phi) is 6.52. The predicted octanol–water partition coefficient (Wildman–Crippen LogP) is 3.36. The molecule has 1 saturated heterocycles. The summed E-state index contributed by atoms with van der Waals surface area (Å²) in [6.07, 6.45) is 4.01. The minimum Gasteiger partial charge on any atom is -0.383 e. The van der Waals surface area contributed by atoms with Crippen LogP contribution in [0.1, 0.15) is 37.3 Å². The van der Waals surface area contributed by atoms with Crippen molar-refractivity contribution in [3.63, 3.8) is 0 Å². The van der Waals surface area contributed by atoms with Crippen molar-refractivity contribution in [3.8, 4) is 0 Å². The van der Waals surface area contributed by atoms with Crippen molar-refractivity contribution in [2.45, 2.75) is 39.7 Å². The minimum atomic E-state index is 0.767. The molecule has 118 valence electrons. The summed E-state index contributed by atoms with van der Waals surface area (Å²) in [4.78, 5) is 2.55. The molecule has 1 atom stereocenters. The Balaban J connectivity index is 1.94. The van der Waals surface area contributed by atoms with Crippen LogP contribution in [-0.2, 0) is 11.3 Å². The Bertz CT molecular complexity index is 433. The van der Waals surface area contributed by atoms with Crippen LogP contribution in [0.4, 0.5) is 5.69 Å². The van der Waals surface area contributed by atoms with Gasteiger partial charge in [0.05, 0.1) is 6.61 Å². The van der Waals surface area contributed by atoms with Gasteiger partial charge in [-0.25, -0.2) is 0 Å². The maximum atomic E-state index is 5.06. The van der Waals surface area contributed by atoms with Crippen molar-refractivity contribution in [1.82, 2.24) is 5.32 Å². The highest BCUT2D eigenvalue weighted by Gasteiger charge is 2.14. The molecule has 3 heteroatoms. The molecule has 0 saturated carbocycles. The number of hydrogen-bond acceptors (Lipinski definition) is 3. The predicted molar refractivity (Wildman–Crippen MR) is 90.0 cm³/mol. The molecule has 1 aromatic carbocycles. The van der Waals surface area contributed by atoms with Crippen molar-refractivity contribution in [3.05, 3.63) is 29.3 Å². The Labute approximate surface area is 129 Å². The fourth-order valence-corrected chi connectivity index (χ4v) is 2.99. The summed E-state index contributed by atoms with van der Waals surface area (Å²) in [7, 11) is 1.74. The fourth-order valence-electron chi connectivity index (χ4n) is 2.99. The summed E-state index contributed by atoms with van der Waals surface area (Å²) < 4.78 is 5.06. The van der Waals surface area contributed by atoms with E-state index in [0.717, 1.165) is 25.6 Å². The summed E-state index contributed by atoms with van der Waals surface area (Å²) in [6.45, 7) is 9.60. The van der Waals surface area contributed by atoms with E-state index in [4.69, 9.17) is 4.74 Å². The molecule has 0 amide bonds. The molecule has 1 heterocycles. The number of nitrogens with zero attached hydrogens (tertiary/aromatic N) is 1. The normalized spacial score (nSPS) is 19.6. The number of ether oxygens (including phenoxy) is 1. The smallest absolute Gasteiger partial charge is 0.0587 e. The molecule has 1 aliphatic rings. The van der Waals surface area contributed by atoms with Gasteiger partial charge in [0, 0.05) is 39.0 Å². The first-order valence-electron chi connectivity index (χ1n) is 8.25. The Morgan fingerprint density at radius 3 is 2.90 bits per heavy atom. The van der Waals surface area contributed by atoms with Crippen LogP contribution in [0.25, 0.3) is 0 Å². The molecule has 0 aromatic heterocycles. The second-order valence-corrected chi connectivity index (χ2v) is 6.30. The average Bonchev–Trinajstić information content (AvgIpc) is 2.70. The first kappa shape index (κ1) is 16.3. The molecule has 1 aromatic rings. The number of nitrogens with one attached hydrogen (secondary N) is 1. The molecule has 0 aliphatic carbocycles. The summed E-state index contributed by atoms with van der Waals surface area (Å²) >= 11 is 0. The highest BCUT2D eigenvalue weighted by molar-refractivity contribution is 5.51. The molecule has 1 fully saturated rings. The van der Waals surface area contributed by atoms with E-state index in [1.54, 1.807) is 7.11 Å². The molecule has 21 heavy (non-hydrogen) atoms. The molecular weight excluding hydrogens is 260 g/mol. The number of aryl methyl sites for hydroxylation is 1. The fraction of sp³-hybridized carbons (Fsp3) is 0.667. The van der Waals surface area contributed by atoms with E-state index in [9.17, 15) is 0 Å². The molecule has 0 spiro atoms. The van der Waals surface area contributed by atoms with Crippen molar-refractivity contribution in [2.75, 3.05) is 38.3 Å². The van der Waals surface area contributed by atoms with E-state index in [1.165, 1.54) is 49.2 Å². The largest absolute Gasteiger partial charge is 0.383 e. The lowest BCUT2D eigenvalue weighted by Crippen LogP contribution is -2.24. The van der Waals surface area contributed by atoms with E-state index < -0.39 is 0 Å². The minimum absolute atomic E-state index is 0.767. The lowest BCUT2D eigenvalue weighted by molar-refractivity contribution is 0.199. The average molecular weight is 290 g/mol. The molecule has 1 N–H and O–H groups in total. The SMILES string of the molecule is COCCNCc1ccc(N2CCCC(C)CC2)cc1C. The zero-order valence-corrected chi connectivity index (χ0v) is 13.8. The first-order valence-corrected chi connectivity index (χ1v) is 8.25. The van der Waals surface area contributed by atoms with Gasteiger partial charge in [-0.2, -0.15) is 0 Å². The van der Waals surface area contributed by atoms with Crippen LogP contribution in [0.3, 0.4) is 0 Å². The Morgan fingerprint density at radius 1 is 1.29 bits per heavy atom. The van der Waals surface area contributed by atoms with Crippen LogP contribution in [0.2, 0.25) is 0 Å². The molecule has 3 nitrogen and oxygen atoms in total. The quantitative estimate of drug-likeness (QED) is 0.813. The highest BCUT2D eigenvalue weighted by Crippen LogP contribution is 2.24. The van der Waals surface area contributed by atoms with Gasteiger partial charge in [0.15, 0.2) is 0 Å². The Morgan fingerprint density at radius 2 is 2.14 bits per heavy atom. The van der Waals surface area contributed by atoms with Gasteiger partial charge < -0.3 is 15.0 Å². The van der Waals surface area contributed by atoms with Gasteiger partial charge in [-0.1, -0.05) is 13.0 Å². The monoisotopic (exact) mass is 290 g/mol. The maximum absolute atomic E-state index is 5.06. The number of hydrogen-bond donors (Lipinski definition) is 1. The molecule has 0 bridgehead atoms. The van der Waals surface area contributed by atoms with E-state index in [2.05, 4.69) is 42.3 Å². The standard InChI is InChI=1S/C18H30N2O/c1-15-5-4-10-20(11-8-15)18-7-6-17(16(2)13-18)14-19-9-12-21-3/h6-7,13,15,19H,4-5,8-12,14H2,1-3H3. The van der Waals surface area contributed by atoms with Crippen molar-refractivity contribution in [1.29, 1.82) is 0 Å². The maximum Gasteiger partial charge on any atom is 0.0587 e. The summed E-state index contributed by atoms with van der Waals surface area (Å²) in [5.41, 5.74) is 4.16. The van der Waals surface area contributed by atoms with Crippen LogP contribution < -0.4 is 10.2 Å². The van der Waals surface area contributed by atoms with E-state index >= 15 is 0 Å². The highest BCUT2D eigenvalue weighted by atomic mass is 16.5. The number of methoxy groups -OCH3 is 1. The summed E-state index contributed by atoms with van der Waals surface area (Å²) in [5, 5.41) is 3.42. The second-order valence-electron chi connectivity index (χ2n) is 6.30. The first-order chi connectivity index (χ1) is 10.2. The molecule has 1 aliphatic heterocycles. The van der Waals surface area contributed by atoms with Gasteiger partial charge in [-0.05, 0) is 55.4 Å². The van der Waals surface area contributed by atoms with Crippen LogP contribution in [-0.4, -0.2) is 33.4 Å². The van der Waals surface area contributed by atoms with Gasteiger partial charge in [0.1, 0.15) is 0 Å². The number of anilines is 1. The van der Waals surface area contributed by atoms with Crippen molar-refractivity contribution < 1.29 is 4.74 Å². The molecule has 2 rings (SSSR count). The van der Waals surface area contributed by atoms with Gasteiger partial charge in [0.2, 0.25) is 0 Å². The third-order valence-electron chi connectivity index (χ3n) is 4.51. The van der Waals surface area contributed by atoms with E-state index in [-0.39, 0.29) is 0 Å². The zero-order chi connectivity index (χ0) is 15.1. The topological polar surface area (TPSA) is 24.5 Å². The molecule has 1 unspecified atom stereocenters. The van der Waals surface area contributed by atoms with E-state index in [0.29, 0.717) is 0 Å². The second kappa shape index (κ2) is 8.40.